The van der Waals surface area contributed by atoms with E-state index < -0.39 is 0 Å². The average Bonchev–Trinajstić information content (AvgIpc) is 3.42. The molecule has 5 rings (SSSR count). The van der Waals surface area contributed by atoms with E-state index in [0.29, 0.717) is 5.82 Å². The Morgan fingerprint density at radius 3 is 2.54 bits per heavy atom. The van der Waals surface area contributed by atoms with Gasteiger partial charge in [0.05, 0.1) is 29.5 Å². The Labute approximate surface area is 161 Å². The zero-order valence-corrected chi connectivity index (χ0v) is 15.5. The van der Waals surface area contributed by atoms with E-state index in [1.165, 1.54) is 0 Å². The summed E-state index contributed by atoms with van der Waals surface area (Å²) >= 11 is 0. The standard InChI is InChI=1S/C20H18N8/c1-14-7-9-28(25-14)17-5-3-16(4-6-17)24-19-20-22-12-18(27(20)10-8-21-19)15-11-23-26(2)13-15/h3-13H,1-2H3,(H,21,24). The molecule has 0 aliphatic rings. The lowest BCUT2D eigenvalue weighted by Gasteiger charge is -2.08. The predicted octanol–water partition coefficient (Wildman–Crippen LogP) is 3.37. The Bertz CT molecular complexity index is 1260. The minimum absolute atomic E-state index is 0.695. The molecule has 4 aromatic heterocycles. The number of rotatable bonds is 4. The molecule has 4 heterocycles. The Balaban J connectivity index is 1.46. The van der Waals surface area contributed by atoms with Crippen molar-refractivity contribution in [1.29, 1.82) is 0 Å². The summed E-state index contributed by atoms with van der Waals surface area (Å²) in [5.41, 5.74) is 5.66. The first-order chi connectivity index (χ1) is 13.7. The van der Waals surface area contributed by atoms with E-state index >= 15 is 0 Å². The molecular formula is C20H18N8. The SMILES string of the molecule is Cc1ccn(-c2ccc(Nc3nccn4c(-c5cnn(C)c5)cnc34)cc2)n1. The summed E-state index contributed by atoms with van der Waals surface area (Å²) in [5, 5.41) is 12.0. The van der Waals surface area contributed by atoms with Gasteiger partial charge in [0, 0.05) is 43.1 Å². The van der Waals surface area contributed by atoms with Crippen LogP contribution in [0.2, 0.25) is 0 Å². The first-order valence-corrected chi connectivity index (χ1v) is 8.88. The van der Waals surface area contributed by atoms with Crippen molar-refractivity contribution in [3.05, 3.63) is 73.2 Å². The van der Waals surface area contributed by atoms with Gasteiger partial charge in [-0.1, -0.05) is 0 Å². The molecule has 8 nitrogen and oxygen atoms in total. The Kier molecular flexibility index (Phi) is 3.68. The topological polar surface area (TPSA) is 77.9 Å². The third-order valence-electron chi connectivity index (χ3n) is 4.55. The number of anilines is 2. The highest BCUT2D eigenvalue weighted by Gasteiger charge is 2.11. The Hall–Kier alpha value is -3.94. The zero-order chi connectivity index (χ0) is 19.1. The molecule has 1 N–H and O–H groups in total. The van der Waals surface area contributed by atoms with Crippen molar-refractivity contribution < 1.29 is 0 Å². The third kappa shape index (κ3) is 2.81. The lowest BCUT2D eigenvalue weighted by molar-refractivity contribution is 0.768. The second-order valence-electron chi connectivity index (χ2n) is 6.59. The van der Waals surface area contributed by atoms with E-state index in [1.807, 2.05) is 84.4 Å². The normalized spacial score (nSPS) is 11.2. The maximum atomic E-state index is 4.56. The van der Waals surface area contributed by atoms with Crippen LogP contribution in [0, 0.1) is 6.92 Å². The van der Waals surface area contributed by atoms with Crippen LogP contribution in [0.1, 0.15) is 5.69 Å². The fourth-order valence-electron chi connectivity index (χ4n) is 3.17. The van der Waals surface area contributed by atoms with Gasteiger partial charge in [-0.2, -0.15) is 10.2 Å². The van der Waals surface area contributed by atoms with Gasteiger partial charge in [-0.3, -0.25) is 9.08 Å². The minimum atomic E-state index is 0.695. The van der Waals surface area contributed by atoms with E-state index in [2.05, 4.69) is 25.5 Å². The maximum Gasteiger partial charge on any atom is 0.180 e. The lowest BCUT2D eigenvalue weighted by atomic mass is 10.3. The van der Waals surface area contributed by atoms with Crippen molar-refractivity contribution in [3.63, 3.8) is 0 Å². The molecular weight excluding hydrogens is 352 g/mol. The largest absolute Gasteiger partial charge is 0.337 e. The molecule has 0 saturated carbocycles. The van der Waals surface area contributed by atoms with Crippen LogP contribution in [0.5, 0.6) is 0 Å². The molecule has 5 aromatic rings. The summed E-state index contributed by atoms with van der Waals surface area (Å²) in [6.07, 6.45) is 11.2. The van der Waals surface area contributed by atoms with Crippen LogP contribution in [-0.4, -0.2) is 33.9 Å². The fourth-order valence-corrected chi connectivity index (χ4v) is 3.17. The number of aryl methyl sites for hydroxylation is 2. The van der Waals surface area contributed by atoms with Crippen LogP contribution in [-0.2, 0) is 7.05 Å². The zero-order valence-electron chi connectivity index (χ0n) is 15.5. The number of nitrogens with zero attached hydrogens (tertiary/aromatic N) is 7. The highest BCUT2D eigenvalue weighted by molar-refractivity contribution is 5.74. The number of hydrogen-bond acceptors (Lipinski definition) is 5. The molecule has 0 aliphatic carbocycles. The number of hydrogen-bond donors (Lipinski definition) is 1. The van der Waals surface area contributed by atoms with Crippen LogP contribution < -0.4 is 5.32 Å². The lowest BCUT2D eigenvalue weighted by Crippen LogP contribution is -1.99. The highest BCUT2D eigenvalue weighted by atomic mass is 15.3. The van der Waals surface area contributed by atoms with Gasteiger partial charge in [-0.25, -0.2) is 14.6 Å². The molecule has 28 heavy (non-hydrogen) atoms. The first kappa shape index (κ1) is 16.2. The molecule has 0 unspecified atom stereocenters. The molecule has 138 valence electrons. The summed E-state index contributed by atoms with van der Waals surface area (Å²) in [7, 11) is 1.90. The summed E-state index contributed by atoms with van der Waals surface area (Å²) in [4.78, 5) is 9.02. The minimum Gasteiger partial charge on any atom is -0.337 e. The molecule has 0 bridgehead atoms. The van der Waals surface area contributed by atoms with Crippen LogP contribution in [0.4, 0.5) is 11.5 Å². The summed E-state index contributed by atoms with van der Waals surface area (Å²) < 4.78 is 5.64. The number of aromatic nitrogens is 7. The van der Waals surface area contributed by atoms with Crippen molar-refractivity contribution >= 4 is 17.2 Å². The maximum absolute atomic E-state index is 4.56. The monoisotopic (exact) mass is 370 g/mol. The average molecular weight is 370 g/mol. The first-order valence-electron chi connectivity index (χ1n) is 8.88. The Morgan fingerprint density at radius 1 is 0.964 bits per heavy atom. The smallest absolute Gasteiger partial charge is 0.180 e. The van der Waals surface area contributed by atoms with Crippen molar-refractivity contribution in [2.45, 2.75) is 6.92 Å². The molecule has 8 heteroatoms. The second-order valence-corrected chi connectivity index (χ2v) is 6.59. The number of nitrogens with one attached hydrogen (secondary N) is 1. The van der Waals surface area contributed by atoms with Crippen LogP contribution >= 0.6 is 0 Å². The quantitative estimate of drug-likeness (QED) is 0.525. The molecule has 0 radical (unpaired) electrons. The van der Waals surface area contributed by atoms with E-state index in [4.69, 9.17) is 0 Å². The van der Waals surface area contributed by atoms with E-state index in [1.54, 1.807) is 10.9 Å². The van der Waals surface area contributed by atoms with Crippen LogP contribution in [0.15, 0.2) is 67.5 Å². The van der Waals surface area contributed by atoms with Gasteiger partial charge in [-0.05, 0) is 37.3 Å². The highest BCUT2D eigenvalue weighted by Crippen LogP contribution is 2.25. The molecule has 0 aliphatic heterocycles. The van der Waals surface area contributed by atoms with Gasteiger partial charge in [0.25, 0.3) is 0 Å². The Morgan fingerprint density at radius 2 is 1.82 bits per heavy atom. The van der Waals surface area contributed by atoms with Crippen molar-refractivity contribution in [2.75, 3.05) is 5.32 Å². The molecule has 0 saturated heterocycles. The second kappa shape index (κ2) is 6.34. The van der Waals surface area contributed by atoms with E-state index in [9.17, 15) is 0 Å². The van der Waals surface area contributed by atoms with Gasteiger partial charge in [0.2, 0.25) is 0 Å². The van der Waals surface area contributed by atoms with Crippen LogP contribution in [0.25, 0.3) is 22.6 Å². The summed E-state index contributed by atoms with van der Waals surface area (Å²) in [6, 6.07) is 10.0. The van der Waals surface area contributed by atoms with E-state index in [-0.39, 0.29) is 0 Å². The van der Waals surface area contributed by atoms with Gasteiger partial charge in [0.15, 0.2) is 11.5 Å². The third-order valence-corrected chi connectivity index (χ3v) is 4.55. The van der Waals surface area contributed by atoms with Gasteiger partial charge in [0.1, 0.15) is 0 Å². The number of imidazole rings is 1. The summed E-state index contributed by atoms with van der Waals surface area (Å²) in [5.74, 6) is 0.695. The number of fused-ring (bicyclic) bond motifs is 1. The predicted molar refractivity (Wildman–Crippen MR) is 107 cm³/mol. The van der Waals surface area contributed by atoms with Crippen molar-refractivity contribution in [3.8, 4) is 16.9 Å². The van der Waals surface area contributed by atoms with Crippen molar-refractivity contribution in [2.24, 2.45) is 7.05 Å². The van der Waals surface area contributed by atoms with Gasteiger partial charge in [-0.15, -0.1) is 0 Å². The molecule has 0 fully saturated rings. The number of benzene rings is 1. The summed E-state index contributed by atoms with van der Waals surface area (Å²) in [6.45, 7) is 1.98. The van der Waals surface area contributed by atoms with Gasteiger partial charge >= 0.3 is 0 Å². The molecule has 0 amide bonds. The molecule has 0 spiro atoms. The van der Waals surface area contributed by atoms with Crippen molar-refractivity contribution in [1.82, 2.24) is 33.9 Å². The molecule has 1 aromatic carbocycles. The van der Waals surface area contributed by atoms with E-state index in [0.717, 1.165) is 34.0 Å². The van der Waals surface area contributed by atoms with Gasteiger partial charge < -0.3 is 5.32 Å². The molecule has 0 atom stereocenters. The van der Waals surface area contributed by atoms with Crippen LogP contribution in [0.3, 0.4) is 0 Å². The fraction of sp³-hybridized carbons (Fsp3) is 0.100.